The molecule has 0 aromatic heterocycles. The molecular weight excluding hydrogens is 260 g/mol. The molecule has 2 N–H and O–H groups in total. The molecule has 1 heterocycles. The molecule has 3 nitrogen and oxygen atoms in total. The van der Waals surface area contributed by atoms with Gasteiger partial charge in [0, 0.05) is 12.1 Å². The number of likely N-dealkylation sites (tertiary alicyclic amines) is 1. The van der Waals surface area contributed by atoms with E-state index in [9.17, 15) is 0 Å². The highest BCUT2D eigenvalue weighted by Crippen LogP contribution is 2.19. The molecule has 0 radical (unpaired) electrons. The molecule has 0 aliphatic carbocycles. The summed E-state index contributed by atoms with van der Waals surface area (Å²) < 4.78 is 5.89. The predicted molar refractivity (Wildman–Crippen MR) is 88.8 cm³/mol. The molecule has 21 heavy (non-hydrogen) atoms. The lowest BCUT2D eigenvalue weighted by atomic mass is 10.0. The van der Waals surface area contributed by atoms with E-state index in [1.54, 1.807) is 0 Å². The maximum Gasteiger partial charge on any atom is 0.119 e. The van der Waals surface area contributed by atoms with Crippen LogP contribution in [0.4, 0.5) is 0 Å². The highest BCUT2D eigenvalue weighted by Gasteiger charge is 2.18. The Morgan fingerprint density at radius 1 is 1.29 bits per heavy atom. The standard InChI is InChI=1S/C18H30N2O/c1-3-16(19)14-15-7-9-18(10-8-15)21-13-11-17-6-4-5-12-20(17)2/h7-10,16-17H,3-6,11-14,19H2,1-2H3. The first-order valence-electron chi connectivity index (χ1n) is 8.36. The van der Waals surface area contributed by atoms with Crippen LogP contribution in [0, 0.1) is 0 Å². The van der Waals surface area contributed by atoms with Crippen LogP contribution in [0.1, 0.15) is 44.6 Å². The fourth-order valence-electron chi connectivity index (χ4n) is 2.99. The Bertz CT molecular complexity index is 404. The van der Waals surface area contributed by atoms with Gasteiger partial charge in [-0.1, -0.05) is 25.5 Å². The van der Waals surface area contributed by atoms with Crippen molar-refractivity contribution in [1.29, 1.82) is 0 Å². The average molecular weight is 290 g/mol. The second-order valence-electron chi connectivity index (χ2n) is 6.28. The SMILES string of the molecule is CCC(N)Cc1ccc(OCCC2CCCCN2C)cc1. The molecule has 0 saturated carbocycles. The van der Waals surface area contributed by atoms with Crippen molar-refractivity contribution < 1.29 is 4.74 Å². The van der Waals surface area contributed by atoms with Gasteiger partial charge in [-0.25, -0.2) is 0 Å². The molecule has 1 aliphatic rings. The van der Waals surface area contributed by atoms with Crippen molar-refractivity contribution in [3.63, 3.8) is 0 Å². The molecule has 2 atom stereocenters. The van der Waals surface area contributed by atoms with Crippen molar-refractivity contribution in [3.8, 4) is 5.75 Å². The third kappa shape index (κ3) is 5.33. The van der Waals surface area contributed by atoms with Gasteiger partial charge < -0.3 is 15.4 Å². The number of hydrogen-bond donors (Lipinski definition) is 1. The monoisotopic (exact) mass is 290 g/mol. The molecular formula is C18H30N2O. The smallest absolute Gasteiger partial charge is 0.119 e. The summed E-state index contributed by atoms with van der Waals surface area (Å²) in [4.78, 5) is 2.47. The Morgan fingerprint density at radius 3 is 2.71 bits per heavy atom. The van der Waals surface area contributed by atoms with E-state index in [1.165, 1.54) is 31.4 Å². The quantitative estimate of drug-likeness (QED) is 0.838. The zero-order valence-electron chi connectivity index (χ0n) is 13.6. The molecule has 118 valence electrons. The summed E-state index contributed by atoms with van der Waals surface area (Å²) in [5.74, 6) is 0.974. The van der Waals surface area contributed by atoms with Crippen LogP contribution in [0.25, 0.3) is 0 Å². The van der Waals surface area contributed by atoms with Crippen molar-refractivity contribution in [3.05, 3.63) is 29.8 Å². The second-order valence-corrected chi connectivity index (χ2v) is 6.28. The van der Waals surface area contributed by atoms with E-state index in [2.05, 4.69) is 43.1 Å². The maximum atomic E-state index is 5.98. The van der Waals surface area contributed by atoms with Gasteiger partial charge in [0.05, 0.1) is 6.61 Å². The van der Waals surface area contributed by atoms with E-state index >= 15 is 0 Å². The Balaban J connectivity index is 1.73. The number of rotatable bonds is 7. The van der Waals surface area contributed by atoms with E-state index in [0.717, 1.165) is 31.6 Å². The summed E-state index contributed by atoms with van der Waals surface area (Å²) in [7, 11) is 2.23. The van der Waals surface area contributed by atoms with Crippen molar-refractivity contribution in [2.45, 2.75) is 57.5 Å². The van der Waals surface area contributed by atoms with E-state index < -0.39 is 0 Å². The molecule has 0 spiro atoms. The molecule has 1 aliphatic heterocycles. The minimum absolute atomic E-state index is 0.263. The maximum absolute atomic E-state index is 5.98. The molecule has 1 saturated heterocycles. The Kier molecular flexibility index (Phi) is 6.52. The lowest BCUT2D eigenvalue weighted by molar-refractivity contribution is 0.153. The lowest BCUT2D eigenvalue weighted by Crippen LogP contribution is -2.37. The van der Waals surface area contributed by atoms with Crippen molar-refractivity contribution >= 4 is 0 Å². The number of ether oxygens (including phenoxy) is 1. The van der Waals surface area contributed by atoms with Crippen LogP contribution in [0.2, 0.25) is 0 Å². The van der Waals surface area contributed by atoms with E-state index in [-0.39, 0.29) is 6.04 Å². The van der Waals surface area contributed by atoms with Crippen LogP contribution < -0.4 is 10.5 Å². The van der Waals surface area contributed by atoms with Crippen molar-refractivity contribution in [2.75, 3.05) is 20.2 Å². The predicted octanol–water partition coefficient (Wildman–Crippen LogP) is 3.22. The fraction of sp³-hybridized carbons (Fsp3) is 0.667. The zero-order chi connectivity index (χ0) is 15.1. The molecule has 2 unspecified atom stereocenters. The Hall–Kier alpha value is -1.06. The second kappa shape index (κ2) is 8.40. The van der Waals surface area contributed by atoms with Gasteiger partial charge in [0.1, 0.15) is 5.75 Å². The first kappa shape index (κ1) is 16.3. The third-order valence-corrected chi connectivity index (χ3v) is 4.59. The summed E-state index contributed by atoms with van der Waals surface area (Å²) >= 11 is 0. The van der Waals surface area contributed by atoms with Gasteiger partial charge in [-0.05, 0) is 63.4 Å². The molecule has 1 fully saturated rings. The fourth-order valence-corrected chi connectivity index (χ4v) is 2.99. The topological polar surface area (TPSA) is 38.5 Å². The van der Waals surface area contributed by atoms with Gasteiger partial charge in [-0.3, -0.25) is 0 Å². The molecule has 1 aromatic rings. The van der Waals surface area contributed by atoms with Gasteiger partial charge in [0.25, 0.3) is 0 Å². The Morgan fingerprint density at radius 2 is 2.05 bits per heavy atom. The highest BCUT2D eigenvalue weighted by molar-refractivity contribution is 5.27. The molecule has 1 aromatic carbocycles. The summed E-state index contributed by atoms with van der Waals surface area (Å²) in [6, 6.07) is 9.37. The molecule has 2 rings (SSSR count). The third-order valence-electron chi connectivity index (χ3n) is 4.59. The minimum atomic E-state index is 0.263. The summed E-state index contributed by atoms with van der Waals surface area (Å²) in [5, 5.41) is 0. The van der Waals surface area contributed by atoms with Crippen LogP contribution >= 0.6 is 0 Å². The lowest BCUT2D eigenvalue weighted by Gasteiger charge is -2.32. The number of hydrogen-bond acceptors (Lipinski definition) is 3. The van der Waals surface area contributed by atoms with Gasteiger partial charge in [0.2, 0.25) is 0 Å². The summed E-state index contributed by atoms with van der Waals surface area (Å²) in [6.07, 6.45) is 7.11. The van der Waals surface area contributed by atoms with Gasteiger partial charge in [-0.2, -0.15) is 0 Å². The Labute approximate surface area is 129 Å². The number of benzene rings is 1. The zero-order valence-corrected chi connectivity index (χ0v) is 13.6. The number of nitrogens with two attached hydrogens (primary N) is 1. The van der Waals surface area contributed by atoms with Crippen molar-refractivity contribution in [2.24, 2.45) is 5.73 Å². The van der Waals surface area contributed by atoms with E-state index in [4.69, 9.17) is 10.5 Å². The van der Waals surface area contributed by atoms with E-state index in [0.29, 0.717) is 6.04 Å². The van der Waals surface area contributed by atoms with Crippen LogP contribution in [0.5, 0.6) is 5.75 Å². The first-order chi connectivity index (χ1) is 10.2. The molecule has 0 amide bonds. The van der Waals surface area contributed by atoms with Gasteiger partial charge in [0.15, 0.2) is 0 Å². The van der Waals surface area contributed by atoms with E-state index in [1.807, 2.05) is 0 Å². The average Bonchev–Trinajstić information content (AvgIpc) is 2.51. The van der Waals surface area contributed by atoms with Crippen LogP contribution in [0.15, 0.2) is 24.3 Å². The largest absolute Gasteiger partial charge is 0.494 e. The highest BCUT2D eigenvalue weighted by atomic mass is 16.5. The van der Waals surface area contributed by atoms with Gasteiger partial charge in [-0.15, -0.1) is 0 Å². The summed E-state index contributed by atoms with van der Waals surface area (Å²) in [5.41, 5.74) is 7.28. The van der Waals surface area contributed by atoms with Crippen LogP contribution in [0.3, 0.4) is 0 Å². The molecule has 0 bridgehead atoms. The van der Waals surface area contributed by atoms with Crippen LogP contribution in [-0.4, -0.2) is 37.2 Å². The number of nitrogens with zero attached hydrogens (tertiary/aromatic N) is 1. The normalized spacial score (nSPS) is 21.2. The summed E-state index contributed by atoms with van der Waals surface area (Å²) in [6.45, 7) is 4.17. The minimum Gasteiger partial charge on any atom is -0.494 e. The van der Waals surface area contributed by atoms with Crippen LogP contribution in [-0.2, 0) is 6.42 Å². The van der Waals surface area contributed by atoms with Gasteiger partial charge >= 0.3 is 0 Å². The molecule has 3 heteroatoms. The number of piperidine rings is 1. The first-order valence-corrected chi connectivity index (χ1v) is 8.36. The van der Waals surface area contributed by atoms with Crippen molar-refractivity contribution in [1.82, 2.24) is 4.90 Å².